The topological polar surface area (TPSA) is 44.1 Å². The molecule has 1 fully saturated rings. The maximum absolute atomic E-state index is 8.39. The fourth-order valence-electron chi connectivity index (χ4n) is 0.291. The van der Waals surface area contributed by atoms with Crippen molar-refractivity contribution in [3.05, 3.63) is 0 Å². The number of hydrogen-bond acceptors (Lipinski definition) is 1. The molecule has 0 aromatic carbocycles. The van der Waals surface area contributed by atoms with E-state index in [0.29, 0.717) is 5.25 Å². The van der Waals surface area contributed by atoms with Gasteiger partial charge in [-0.25, -0.2) is 0 Å². The lowest BCUT2D eigenvalue weighted by Gasteiger charge is -1.83. The molecule has 1 aliphatic rings. The van der Waals surface area contributed by atoms with Gasteiger partial charge in [-0.1, -0.05) is 0 Å². The zero-order chi connectivity index (χ0) is 4.57. The smallest absolute Gasteiger partial charge is 0.0401 e. The van der Waals surface area contributed by atoms with Crippen LogP contribution in [0.5, 0.6) is 0 Å². The third-order valence-electron chi connectivity index (χ3n) is 0.840. The van der Waals surface area contributed by atoms with Crippen LogP contribution >= 0.6 is 0 Å². The van der Waals surface area contributed by atoms with Crippen molar-refractivity contribution in [2.75, 3.05) is 0 Å². The predicted octanol–water partition coefficient (Wildman–Crippen LogP) is 1.00. The van der Waals surface area contributed by atoms with E-state index in [1.807, 2.05) is 0 Å². The van der Waals surface area contributed by atoms with Crippen molar-refractivity contribution in [3.8, 4) is 0 Å². The molecular formula is C3H7NOS. The SMILES string of the molecule is N=S(O)C1CC1. The molecule has 0 bridgehead atoms. The molecule has 3 heteroatoms. The summed E-state index contributed by atoms with van der Waals surface area (Å²) in [6, 6.07) is 0. The lowest BCUT2D eigenvalue weighted by molar-refractivity contribution is 0.644. The van der Waals surface area contributed by atoms with Crippen molar-refractivity contribution in [3.63, 3.8) is 0 Å². The van der Waals surface area contributed by atoms with Crippen LogP contribution in [0.4, 0.5) is 0 Å². The van der Waals surface area contributed by atoms with E-state index in [1.165, 1.54) is 0 Å². The van der Waals surface area contributed by atoms with Crippen molar-refractivity contribution >= 4 is 11.0 Å². The van der Waals surface area contributed by atoms with Gasteiger partial charge < -0.3 is 4.55 Å². The molecule has 0 spiro atoms. The molecule has 0 aliphatic heterocycles. The monoisotopic (exact) mass is 105 g/mol. The molecular weight excluding hydrogens is 98.1 g/mol. The first kappa shape index (κ1) is 4.27. The second kappa shape index (κ2) is 1.31. The summed E-state index contributed by atoms with van der Waals surface area (Å²) < 4.78 is 15.1. The summed E-state index contributed by atoms with van der Waals surface area (Å²) in [7, 11) is -1.01. The third-order valence-corrected chi connectivity index (χ3v) is 1.94. The highest BCUT2D eigenvalue weighted by molar-refractivity contribution is 7.81. The number of nitrogens with one attached hydrogen (secondary N) is 1. The van der Waals surface area contributed by atoms with Gasteiger partial charge in [-0.3, -0.25) is 4.78 Å². The largest absolute Gasteiger partial charge is 0.322 e. The highest BCUT2D eigenvalue weighted by Gasteiger charge is 2.24. The van der Waals surface area contributed by atoms with Gasteiger partial charge in [-0.2, -0.15) is 0 Å². The molecule has 2 N–H and O–H groups in total. The number of rotatable bonds is 1. The van der Waals surface area contributed by atoms with Crippen LogP contribution < -0.4 is 0 Å². The lowest BCUT2D eigenvalue weighted by atomic mass is 11.0. The van der Waals surface area contributed by atoms with Crippen LogP contribution in [0.3, 0.4) is 0 Å². The van der Waals surface area contributed by atoms with Gasteiger partial charge >= 0.3 is 0 Å². The minimum absolute atomic E-state index is 0.352. The molecule has 2 nitrogen and oxygen atoms in total. The predicted molar refractivity (Wildman–Crippen MR) is 25.7 cm³/mol. The van der Waals surface area contributed by atoms with Gasteiger partial charge in [0.1, 0.15) is 0 Å². The van der Waals surface area contributed by atoms with Crippen LogP contribution in [0.2, 0.25) is 0 Å². The van der Waals surface area contributed by atoms with Gasteiger partial charge in [0.05, 0.1) is 0 Å². The first-order valence-corrected chi connectivity index (χ1v) is 3.18. The Balaban J connectivity index is 2.31. The molecule has 1 saturated carbocycles. The molecule has 1 rings (SSSR count). The Morgan fingerprint density at radius 2 is 2.17 bits per heavy atom. The molecule has 0 aromatic rings. The Labute approximate surface area is 39.3 Å². The fraction of sp³-hybridized carbons (Fsp3) is 1.00. The maximum Gasteiger partial charge on any atom is 0.0401 e. The standard InChI is InChI=1S/C3H7NOS/c4-6(5)3-1-2-3/h3H,1-2H2,(H2,4,5). The first-order chi connectivity index (χ1) is 2.80. The first-order valence-electron chi connectivity index (χ1n) is 1.94. The van der Waals surface area contributed by atoms with E-state index in [2.05, 4.69) is 0 Å². The third kappa shape index (κ3) is 0.786. The average molecular weight is 105 g/mol. The normalized spacial score (nSPS) is 26.8. The van der Waals surface area contributed by atoms with E-state index in [-0.39, 0.29) is 0 Å². The molecule has 0 aromatic heterocycles. The molecule has 1 unspecified atom stereocenters. The molecule has 1 atom stereocenters. The van der Waals surface area contributed by atoms with E-state index < -0.39 is 11.0 Å². The summed E-state index contributed by atoms with van der Waals surface area (Å²) in [5.74, 6) is 0. The second-order valence-corrected chi connectivity index (χ2v) is 2.81. The van der Waals surface area contributed by atoms with Crippen LogP contribution in [0.15, 0.2) is 0 Å². The molecule has 0 saturated heterocycles. The van der Waals surface area contributed by atoms with Crippen LogP contribution in [0.1, 0.15) is 12.8 Å². The number of hydrogen-bond donors (Lipinski definition) is 2. The fourth-order valence-corrected chi connectivity index (χ4v) is 0.874. The minimum Gasteiger partial charge on any atom is -0.322 e. The van der Waals surface area contributed by atoms with Gasteiger partial charge in [0.25, 0.3) is 0 Å². The van der Waals surface area contributed by atoms with Gasteiger partial charge in [-0.05, 0) is 12.8 Å². The molecule has 1 aliphatic carbocycles. The molecule has 36 valence electrons. The van der Waals surface area contributed by atoms with E-state index in [1.54, 1.807) is 0 Å². The highest BCUT2D eigenvalue weighted by atomic mass is 32.2. The Hall–Kier alpha value is 0.110. The lowest BCUT2D eigenvalue weighted by Crippen LogP contribution is -1.88. The average Bonchev–Trinajstić information content (AvgIpc) is 2.06. The van der Waals surface area contributed by atoms with E-state index in [9.17, 15) is 0 Å². The quantitative estimate of drug-likeness (QED) is 0.513. The summed E-state index contributed by atoms with van der Waals surface area (Å²) in [4.78, 5) is 0. The zero-order valence-electron chi connectivity index (χ0n) is 3.35. The van der Waals surface area contributed by atoms with Gasteiger partial charge in [-0.15, -0.1) is 0 Å². The van der Waals surface area contributed by atoms with Gasteiger partial charge in [0, 0.05) is 16.2 Å². The Kier molecular flexibility index (Phi) is 0.935. The maximum atomic E-state index is 8.39. The van der Waals surface area contributed by atoms with Gasteiger partial charge in [0.2, 0.25) is 0 Å². The van der Waals surface area contributed by atoms with E-state index in [0.717, 1.165) is 12.8 Å². The highest BCUT2D eigenvalue weighted by Crippen LogP contribution is 2.24. The molecule has 0 radical (unpaired) electrons. The zero-order valence-corrected chi connectivity index (χ0v) is 4.16. The summed E-state index contributed by atoms with van der Waals surface area (Å²) in [5.41, 5.74) is 0. The minimum atomic E-state index is -1.01. The van der Waals surface area contributed by atoms with Crippen LogP contribution in [0, 0.1) is 4.78 Å². The van der Waals surface area contributed by atoms with Crippen LogP contribution in [-0.4, -0.2) is 9.80 Å². The Morgan fingerprint density at radius 3 is 2.17 bits per heavy atom. The Morgan fingerprint density at radius 1 is 1.67 bits per heavy atom. The van der Waals surface area contributed by atoms with Crippen molar-refractivity contribution in [1.82, 2.24) is 0 Å². The van der Waals surface area contributed by atoms with E-state index in [4.69, 9.17) is 9.33 Å². The van der Waals surface area contributed by atoms with Gasteiger partial charge in [0.15, 0.2) is 0 Å². The van der Waals surface area contributed by atoms with Crippen molar-refractivity contribution < 1.29 is 4.55 Å². The second-order valence-electron chi connectivity index (χ2n) is 1.51. The molecule has 0 heterocycles. The van der Waals surface area contributed by atoms with Crippen LogP contribution in [-0.2, 0) is 11.0 Å². The summed E-state index contributed by atoms with van der Waals surface area (Å²) in [6.07, 6.45) is 2.15. The summed E-state index contributed by atoms with van der Waals surface area (Å²) in [6.45, 7) is 0. The summed E-state index contributed by atoms with van der Waals surface area (Å²) >= 11 is 0. The van der Waals surface area contributed by atoms with Crippen LogP contribution in [0.25, 0.3) is 0 Å². The molecule has 0 amide bonds. The van der Waals surface area contributed by atoms with Crippen molar-refractivity contribution in [1.29, 1.82) is 4.78 Å². The van der Waals surface area contributed by atoms with Crippen molar-refractivity contribution in [2.24, 2.45) is 0 Å². The Bertz CT molecular complexity index is 78.9. The molecule has 6 heavy (non-hydrogen) atoms. The summed E-state index contributed by atoms with van der Waals surface area (Å²) in [5, 5.41) is 0.352. The van der Waals surface area contributed by atoms with Crippen molar-refractivity contribution in [2.45, 2.75) is 18.1 Å². The van der Waals surface area contributed by atoms with E-state index >= 15 is 0 Å².